The quantitative estimate of drug-likeness (QED) is 0.0261. The van der Waals surface area contributed by atoms with Gasteiger partial charge in [0.05, 0.1) is 0 Å². The predicted molar refractivity (Wildman–Crippen MR) is 334 cm³/mol. The molecule has 0 aliphatic carbocycles. The lowest BCUT2D eigenvalue weighted by Crippen LogP contribution is -2.30. The van der Waals surface area contributed by atoms with E-state index in [4.69, 9.17) is 14.2 Å². The average molecular weight is 1060 g/mol. The molecule has 1 unspecified atom stereocenters. The summed E-state index contributed by atoms with van der Waals surface area (Å²) in [6.07, 6.45) is 95.7. The number of esters is 3. The smallest absolute Gasteiger partial charge is 0.306 e. The van der Waals surface area contributed by atoms with Crippen molar-refractivity contribution in [2.45, 2.75) is 219 Å². The van der Waals surface area contributed by atoms with Crippen molar-refractivity contribution in [1.82, 2.24) is 0 Å². The van der Waals surface area contributed by atoms with Crippen molar-refractivity contribution in [2.75, 3.05) is 13.2 Å². The first kappa shape index (κ1) is 71.2. The van der Waals surface area contributed by atoms with Gasteiger partial charge in [-0.2, -0.15) is 0 Å². The number of allylic oxidation sites excluding steroid dienone is 32. The maximum Gasteiger partial charge on any atom is 0.306 e. The molecule has 0 aliphatic heterocycles. The SMILES string of the molecule is CC/C=C\C/C=C\C/C=C\C/C=C\C/C=C\C/C=C\C/C=C\C/C=C\CCCCC(=O)OCC(COC(=O)CCCC/C=C\C/C=C\C/C=C\C/C=C\CC)OC(=O)CCCCCC/C=C\C/C=C\C/C=C\C/C=C\CC. The average Bonchev–Trinajstić information content (AvgIpc) is 3.43. The van der Waals surface area contributed by atoms with E-state index in [1.165, 1.54) is 0 Å². The van der Waals surface area contributed by atoms with Gasteiger partial charge in [0.25, 0.3) is 0 Å². The highest BCUT2D eigenvalue weighted by Crippen LogP contribution is 2.11. The van der Waals surface area contributed by atoms with Crippen molar-refractivity contribution >= 4 is 17.9 Å². The molecule has 0 heterocycles. The van der Waals surface area contributed by atoms with Crippen LogP contribution in [-0.4, -0.2) is 37.2 Å². The van der Waals surface area contributed by atoms with Crippen LogP contribution in [0.5, 0.6) is 0 Å². The fraction of sp³-hybridized carbons (Fsp3) is 0.507. The Bertz CT molecular complexity index is 1880. The Kier molecular flexibility index (Phi) is 58.1. The molecule has 6 nitrogen and oxygen atoms in total. The second-order valence-electron chi connectivity index (χ2n) is 18.8. The number of carbonyl (C=O) groups excluding carboxylic acids is 3. The minimum atomic E-state index is -0.840. The highest BCUT2D eigenvalue weighted by Gasteiger charge is 2.19. The van der Waals surface area contributed by atoms with E-state index >= 15 is 0 Å². The molecule has 0 aliphatic rings. The number of ether oxygens (including phenoxy) is 3. The van der Waals surface area contributed by atoms with Crippen LogP contribution in [0.25, 0.3) is 0 Å². The molecule has 0 aromatic rings. The molecule has 0 rings (SSSR count). The molecule has 1 atom stereocenters. The second-order valence-corrected chi connectivity index (χ2v) is 18.8. The number of hydrogen-bond acceptors (Lipinski definition) is 6. The zero-order chi connectivity index (χ0) is 55.7. The van der Waals surface area contributed by atoms with Crippen molar-refractivity contribution in [3.8, 4) is 0 Å². The van der Waals surface area contributed by atoms with Gasteiger partial charge in [0.15, 0.2) is 6.10 Å². The molecule has 0 fully saturated rings. The molecule has 0 radical (unpaired) electrons. The van der Waals surface area contributed by atoms with Gasteiger partial charge in [0, 0.05) is 19.3 Å². The lowest BCUT2D eigenvalue weighted by molar-refractivity contribution is -0.167. The van der Waals surface area contributed by atoms with Gasteiger partial charge in [0.1, 0.15) is 13.2 Å². The number of unbranched alkanes of at least 4 members (excludes halogenated alkanes) is 8. The molecule has 0 aromatic carbocycles. The minimum Gasteiger partial charge on any atom is -0.462 e. The monoisotopic (exact) mass is 1050 g/mol. The maximum atomic E-state index is 12.9. The fourth-order valence-corrected chi connectivity index (χ4v) is 7.20. The Hall–Kier alpha value is -5.75. The van der Waals surface area contributed by atoms with Crippen LogP contribution in [0.4, 0.5) is 0 Å². The molecule has 0 saturated carbocycles. The van der Waals surface area contributed by atoms with Crippen LogP contribution in [-0.2, 0) is 28.6 Å². The second kappa shape index (κ2) is 62.8. The summed E-state index contributed by atoms with van der Waals surface area (Å²) in [5, 5.41) is 0. The molecular weight excluding hydrogens is 949 g/mol. The summed E-state index contributed by atoms with van der Waals surface area (Å²) < 4.78 is 16.8. The van der Waals surface area contributed by atoms with Crippen LogP contribution in [0.3, 0.4) is 0 Å². The molecule has 0 bridgehead atoms. The molecule has 0 spiro atoms. The standard InChI is InChI=1S/C71H106O6/c1-4-7-10-13-16-19-22-25-28-30-31-32-33-34-35-36-37-38-39-41-43-46-49-52-55-58-61-64-70(73)76-67-68(66-75-69(72)63-60-57-54-51-48-45-42-27-24-21-18-15-12-9-6-3)77-71(74)65-62-59-56-53-50-47-44-40-29-26-23-20-17-14-11-8-5-2/h7-12,16-21,25-29,31-32,34-35,37-38,41-44,47-49,51-52,68H,4-6,13-15,22-24,30,33,36,39-40,45-46,50,53-67H2,1-3H3/b10-7-,11-8-,12-9-,19-16-,20-17-,21-18-,28-25-,29-26-,32-31-,35-34-,38-37-,42-27-,43-41-,47-44-,51-48-,52-49-. The van der Waals surface area contributed by atoms with E-state index in [0.29, 0.717) is 19.3 Å². The van der Waals surface area contributed by atoms with Gasteiger partial charge in [-0.15, -0.1) is 0 Å². The molecule has 0 N–H and O–H groups in total. The highest BCUT2D eigenvalue weighted by atomic mass is 16.6. The summed E-state index contributed by atoms with van der Waals surface area (Å²) in [5.41, 5.74) is 0. The van der Waals surface area contributed by atoms with E-state index in [2.05, 4.69) is 215 Å². The number of carbonyl (C=O) groups is 3. The molecule has 0 aromatic heterocycles. The summed E-state index contributed by atoms with van der Waals surface area (Å²) >= 11 is 0. The van der Waals surface area contributed by atoms with Crippen molar-refractivity contribution in [3.63, 3.8) is 0 Å². The summed E-state index contributed by atoms with van der Waals surface area (Å²) in [6.45, 7) is 6.18. The zero-order valence-electron chi connectivity index (χ0n) is 48.6. The first-order chi connectivity index (χ1) is 38.0. The van der Waals surface area contributed by atoms with Gasteiger partial charge < -0.3 is 14.2 Å². The van der Waals surface area contributed by atoms with Crippen LogP contribution < -0.4 is 0 Å². The van der Waals surface area contributed by atoms with Crippen LogP contribution in [0.15, 0.2) is 194 Å². The van der Waals surface area contributed by atoms with Crippen LogP contribution in [0.1, 0.15) is 213 Å². The third-order valence-corrected chi connectivity index (χ3v) is 11.6. The lowest BCUT2D eigenvalue weighted by atomic mass is 10.1. The van der Waals surface area contributed by atoms with Gasteiger partial charge >= 0.3 is 17.9 Å². The van der Waals surface area contributed by atoms with Gasteiger partial charge in [-0.3, -0.25) is 14.4 Å². The first-order valence-corrected chi connectivity index (χ1v) is 29.9. The molecule has 426 valence electrons. The van der Waals surface area contributed by atoms with Crippen LogP contribution >= 0.6 is 0 Å². The van der Waals surface area contributed by atoms with Gasteiger partial charge in [-0.1, -0.05) is 228 Å². The Labute approximate surface area is 471 Å². The third kappa shape index (κ3) is 61.0. The minimum absolute atomic E-state index is 0.135. The Morgan fingerprint density at radius 2 is 0.468 bits per heavy atom. The summed E-state index contributed by atoms with van der Waals surface area (Å²) in [7, 11) is 0. The van der Waals surface area contributed by atoms with Crippen LogP contribution in [0.2, 0.25) is 0 Å². The van der Waals surface area contributed by atoms with E-state index in [1.54, 1.807) is 0 Å². The predicted octanol–water partition coefficient (Wildman–Crippen LogP) is 20.6. The number of rotatable bonds is 51. The number of hydrogen-bond donors (Lipinski definition) is 0. The Morgan fingerprint density at radius 1 is 0.260 bits per heavy atom. The van der Waals surface area contributed by atoms with E-state index < -0.39 is 6.10 Å². The topological polar surface area (TPSA) is 78.9 Å². The highest BCUT2D eigenvalue weighted by molar-refractivity contribution is 5.71. The van der Waals surface area contributed by atoms with Crippen molar-refractivity contribution in [3.05, 3.63) is 194 Å². The summed E-state index contributed by atoms with van der Waals surface area (Å²) in [4.78, 5) is 38.2. The maximum absolute atomic E-state index is 12.9. The zero-order valence-corrected chi connectivity index (χ0v) is 48.6. The first-order valence-electron chi connectivity index (χ1n) is 29.9. The van der Waals surface area contributed by atoms with Crippen molar-refractivity contribution in [1.29, 1.82) is 0 Å². The van der Waals surface area contributed by atoms with E-state index in [9.17, 15) is 14.4 Å². The molecular formula is C71H106O6. The van der Waals surface area contributed by atoms with E-state index in [-0.39, 0.29) is 50.4 Å². The van der Waals surface area contributed by atoms with Crippen molar-refractivity contribution in [2.24, 2.45) is 0 Å². The normalized spacial score (nSPS) is 13.5. The molecule has 77 heavy (non-hydrogen) atoms. The van der Waals surface area contributed by atoms with Gasteiger partial charge in [0.2, 0.25) is 0 Å². The molecule has 6 heteroatoms. The lowest BCUT2D eigenvalue weighted by Gasteiger charge is -2.18. The largest absolute Gasteiger partial charge is 0.462 e. The molecule has 0 saturated heterocycles. The van der Waals surface area contributed by atoms with Gasteiger partial charge in [-0.05, 0) is 161 Å². The van der Waals surface area contributed by atoms with E-state index in [0.717, 1.165) is 154 Å². The fourth-order valence-electron chi connectivity index (χ4n) is 7.20. The Morgan fingerprint density at radius 3 is 0.740 bits per heavy atom. The van der Waals surface area contributed by atoms with E-state index in [1.807, 2.05) is 0 Å². The Balaban J connectivity index is 4.57. The summed E-state index contributed by atoms with van der Waals surface area (Å²) in [5.74, 6) is -1.05. The van der Waals surface area contributed by atoms with Crippen LogP contribution in [0, 0.1) is 0 Å². The third-order valence-electron chi connectivity index (χ3n) is 11.6. The summed E-state index contributed by atoms with van der Waals surface area (Å²) in [6, 6.07) is 0. The molecule has 0 amide bonds. The van der Waals surface area contributed by atoms with Crippen molar-refractivity contribution < 1.29 is 28.6 Å². The van der Waals surface area contributed by atoms with Gasteiger partial charge in [-0.25, -0.2) is 0 Å².